The minimum atomic E-state index is 0.576. The lowest BCUT2D eigenvalue weighted by molar-refractivity contribution is 0.0376. The van der Waals surface area contributed by atoms with Gasteiger partial charge in [-0.2, -0.15) is 0 Å². The number of nitrogens with one attached hydrogen (secondary N) is 1. The molecule has 0 aromatic heterocycles. The Balaban J connectivity index is 1.58. The fraction of sp³-hybridized carbons (Fsp3) is 0.938. The van der Waals surface area contributed by atoms with Crippen LogP contribution in [0.2, 0.25) is 0 Å². The van der Waals surface area contributed by atoms with Crippen molar-refractivity contribution in [3.8, 4) is 0 Å². The first-order valence-corrected chi connectivity index (χ1v) is 8.87. The lowest BCUT2D eigenvalue weighted by atomic mass is 10.0. The number of morpholine rings is 1. The number of ether oxygens (including phenoxy) is 1. The summed E-state index contributed by atoms with van der Waals surface area (Å²) in [6.07, 6.45) is 5.00. The smallest absolute Gasteiger partial charge is 0.188 e. The average Bonchev–Trinajstić information content (AvgIpc) is 2.58. The third-order valence-electron chi connectivity index (χ3n) is 4.69. The SMILES string of the molecule is CCN1CCCCC1CN=C(N)NCCCN1CCOCC1. The van der Waals surface area contributed by atoms with Gasteiger partial charge in [-0.1, -0.05) is 13.3 Å². The van der Waals surface area contributed by atoms with Gasteiger partial charge in [-0.15, -0.1) is 0 Å². The van der Waals surface area contributed by atoms with Crippen molar-refractivity contribution in [2.45, 2.75) is 38.6 Å². The van der Waals surface area contributed by atoms with Gasteiger partial charge in [0.2, 0.25) is 0 Å². The zero-order valence-corrected chi connectivity index (χ0v) is 14.1. The number of aliphatic imine (C=N–C) groups is 1. The second-order valence-electron chi connectivity index (χ2n) is 6.24. The molecule has 0 aliphatic carbocycles. The highest BCUT2D eigenvalue weighted by atomic mass is 16.5. The zero-order chi connectivity index (χ0) is 15.6. The first-order chi connectivity index (χ1) is 10.8. The van der Waals surface area contributed by atoms with E-state index in [1.165, 1.54) is 25.8 Å². The first kappa shape index (κ1) is 17.5. The van der Waals surface area contributed by atoms with E-state index in [-0.39, 0.29) is 0 Å². The molecular weight excluding hydrogens is 278 g/mol. The van der Waals surface area contributed by atoms with E-state index in [4.69, 9.17) is 10.5 Å². The quantitative estimate of drug-likeness (QED) is 0.407. The van der Waals surface area contributed by atoms with E-state index >= 15 is 0 Å². The van der Waals surface area contributed by atoms with Gasteiger partial charge in [-0.3, -0.25) is 14.8 Å². The van der Waals surface area contributed by atoms with Gasteiger partial charge >= 0.3 is 0 Å². The maximum absolute atomic E-state index is 5.98. The number of guanidine groups is 1. The summed E-state index contributed by atoms with van der Waals surface area (Å²) in [7, 11) is 0. The number of nitrogens with two attached hydrogens (primary N) is 1. The van der Waals surface area contributed by atoms with E-state index in [2.05, 4.69) is 27.0 Å². The number of hydrogen-bond donors (Lipinski definition) is 2. The highest BCUT2D eigenvalue weighted by Gasteiger charge is 2.20. The van der Waals surface area contributed by atoms with Crippen LogP contribution >= 0.6 is 0 Å². The summed E-state index contributed by atoms with van der Waals surface area (Å²) in [6, 6.07) is 0.576. The fourth-order valence-electron chi connectivity index (χ4n) is 3.29. The Hall–Kier alpha value is -0.850. The molecule has 2 rings (SSSR count). The molecule has 0 saturated carbocycles. The molecule has 2 aliphatic rings. The van der Waals surface area contributed by atoms with Gasteiger partial charge in [0.1, 0.15) is 0 Å². The van der Waals surface area contributed by atoms with Gasteiger partial charge in [0.25, 0.3) is 0 Å². The first-order valence-electron chi connectivity index (χ1n) is 8.87. The fourth-order valence-corrected chi connectivity index (χ4v) is 3.29. The van der Waals surface area contributed by atoms with Crippen LogP contribution in [0.3, 0.4) is 0 Å². The number of nitrogens with zero attached hydrogens (tertiary/aromatic N) is 3. The van der Waals surface area contributed by atoms with Gasteiger partial charge < -0.3 is 15.8 Å². The maximum Gasteiger partial charge on any atom is 0.188 e. The maximum atomic E-state index is 5.98. The van der Waals surface area contributed by atoms with Crippen molar-refractivity contribution in [1.82, 2.24) is 15.1 Å². The van der Waals surface area contributed by atoms with Crippen LogP contribution in [0, 0.1) is 0 Å². The molecular formula is C16H33N5O. The third-order valence-corrected chi connectivity index (χ3v) is 4.69. The third kappa shape index (κ3) is 6.10. The molecule has 22 heavy (non-hydrogen) atoms. The van der Waals surface area contributed by atoms with Crippen molar-refractivity contribution in [2.24, 2.45) is 10.7 Å². The molecule has 2 fully saturated rings. The minimum absolute atomic E-state index is 0.576. The van der Waals surface area contributed by atoms with Crippen LogP contribution in [-0.4, -0.2) is 80.8 Å². The topological polar surface area (TPSA) is 66.1 Å². The Morgan fingerprint density at radius 3 is 2.86 bits per heavy atom. The predicted octanol–water partition coefficient (Wildman–Crippen LogP) is 0.487. The van der Waals surface area contributed by atoms with E-state index < -0.39 is 0 Å². The molecule has 0 aromatic carbocycles. The number of rotatable bonds is 7. The molecule has 1 unspecified atom stereocenters. The van der Waals surface area contributed by atoms with Crippen molar-refractivity contribution in [3.05, 3.63) is 0 Å². The van der Waals surface area contributed by atoms with Crippen LogP contribution in [0.15, 0.2) is 4.99 Å². The summed E-state index contributed by atoms with van der Waals surface area (Å²) in [5.41, 5.74) is 5.98. The molecule has 0 radical (unpaired) electrons. The lowest BCUT2D eigenvalue weighted by Gasteiger charge is -2.33. The predicted molar refractivity (Wildman–Crippen MR) is 91.3 cm³/mol. The molecule has 2 aliphatic heterocycles. The van der Waals surface area contributed by atoms with Crippen molar-refractivity contribution in [2.75, 3.05) is 59.0 Å². The monoisotopic (exact) mass is 311 g/mol. The second kappa shape index (κ2) is 10.0. The molecule has 1 atom stereocenters. The van der Waals surface area contributed by atoms with Crippen LogP contribution in [0.4, 0.5) is 0 Å². The van der Waals surface area contributed by atoms with Gasteiger partial charge in [-0.05, 0) is 38.9 Å². The Morgan fingerprint density at radius 2 is 2.09 bits per heavy atom. The number of piperidine rings is 1. The molecule has 0 amide bonds. The average molecular weight is 311 g/mol. The highest BCUT2D eigenvalue weighted by molar-refractivity contribution is 5.77. The Kier molecular flexibility index (Phi) is 7.98. The molecule has 6 heteroatoms. The molecule has 128 valence electrons. The minimum Gasteiger partial charge on any atom is -0.379 e. The van der Waals surface area contributed by atoms with Crippen molar-refractivity contribution < 1.29 is 4.74 Å². The summed E-state index contributed by atoms with van der Waals surface area (Å²) in [5, 5.41) is 3.25. The van der Waals surface area contributed by atoms with E-state index in [0.29, 0.717) is 12.0 Å². The molecule has 6 nitrogen and oxygen atoms in total. The van der Waals surface area contributed by atoms with E-state index in [1.54, 1.807) is 0 Å². The molecule has 2 saturated heterocycles. The van der Waals surface area contributed by atoms with Gasteiger partial charge in [0, 0.05) is 25.7 Å². The standard InChI is InChI=1S/C16H33N5O/c1-2-21-9-4-3-6-15(21)14-19-16(17)18-7-5-8-20-10-12-22-13-11-20/h15H,2-14H2,1H3,(H3,17,18,19). The van der Waals surface area contributed by atoms with Crippen LogP contribution in [0.5, 0.6) is 0 Å². The van der Waals surface area contributed by atoms with Gasteiger partial charge in [0.15, 0.2) is 5.96 Å². The number of hydrogen-bond acceptors (Lipinski definition) is 4. The van der Waals surface area contributed by atoms with Crippen molar-refractivity contribution >= 4 is 5.96 Å². The van der Waals surface area contributed by atoms with E-state index in [1.807, 2.05) is 0 Å². The summed E-state index contributed by atoms with van der Waals surface area (Å²) in [6.45, 7) is 11.2. The van der Waals surface area contributed by atoms with Crippen LogP contribution in [0.1, 0.15) is 32.6 Å². The second-order valence-corrected chi connectivity index (χ2v) is 6.24. The largest absolute Gasteiger partial charge is 0.379 e. The summed E-state index contributed by atoms with van der Waals surface area (Å²) in [5.74, 6) is 0.601. The van der Waals surface area contributed by atoms with E-state index in [9.17, 15) is 0 Å². The van der Waals surface area contributed by atoms with E-state index in [0.717, 1.165) is 58.9 Å². The molecule has 0 aromatic rings. The molecule has 0 bridgehead atoms. The Bertz CT molecular complexity index is 330. The highest BCUT2D eigenvalue weighted by Crippen LogP contribution is 2.16. The number of likely N-dealkylation sites (N-methyl/N-ethyl adjacent to an activating group) is 1. The lowest BCUT2D eigenvalue weighted by Crippen LogP contribution is -2.42. The van der Waals surface area contributed by atoms with Crippen LogP contribution < -0.4 is 11.1 Å². The molecule has 2 heterocycles. The zero-order valence-electron chi connectivity index (χ0n) is 14.1. The molecule has 3 N–H and O–H groups in total. The Labute approximate surface area is 135 Å². The van der Waals surface area contributed by atoms with Crippen molar-refractivity contribution in [3.63, 3.8) is 0 Å². The normalized spacial score (nSPS) is 25.3. The van der Waals surface area contributed by atoms with Gasteiger partial charge in [0.05, 0.1) is 19.8 Å². The summed E-state index contributed by atoms with van der Waals surface area (Å²) < 4.78 is 5.35. The van der Waals surface area contributed by atoms with Crippen molar-refractivity contribution in [1.29, 1.82) is 0 Å². The Morgan fingerprint density at radius 1 is 1.27 bits per heavy atom. The molecule has 0 spiro atoms. The summed E-state index contributed by atoms with van der Waals surface area (Å²) in [4.78, 5) is 9.51. The van der Waals surface area contributed by atoms with Crippen LogP contribution in [0.25, 0.3) is 0 Å². The van der Waals surface area contributed by atoms with Gasteiger partial charge in [-0.25, -0.2) is 0 Å². The van der Waals surface area contributed by atoms with Crippen LogP contribution in [-0.2, 0) is 4.74 Å². The number of likely N-dealkylation sites (tertiary alicyclic amines) is 1. The summed E-state index contributed by atoms with van der Waals surface area (Å²) >= 11 is 0.